The second-order valence-corrected chi connectivity index (χ2v) is 4.02. The van der Waals surface area contributed by atoms with Crippen LogP contribution in [0.4, 0.5) is 0 Å². The van der Waals surface area contributed by atoms with Gasteiger partial charge in [0, 0.05) is 12.4 Å². The zero-order chi connectivity index (χ0) is 8.74. The number of aromatic nitrogens is 1. The zero-order valence-corrected chi connectivity index (χ0v) is 7.83. The molecular formula is C11H21N. The Kier molecular flexibility index (Phi) is 7.82. The lowest BCUT2D eigenvalue weighted by Gasteiger charge is -2.05. The van der Waals surface area contributed by atoms with Gasteiger partial charge in [-0.25, -0.2) is 0 Å². The number of hydrogen-bond acceptors (Lipinski definition) is 1. The summed E-state index contributed by atoms with van der Waals surface area (Å²) in [6.45, 7) is 8.75. The molecule has 0 aromatic carbocycles. The van der Waals surface area contributed by atoms with E-state index in [1.165, 1.54) is 0 Å². The van der Waals surface area contributed by atoms with Gasteiger partial charge in [-0.15, -0.1) is 0 Å². The Morgan fingerprint density at radius 3 is 1.25 bits per heavy atom. The number of nitrogens with zero attached hydrogens (tertiary/aromatic N) is 1. The first-order valence-electron chi connectivity index (χ1n) is 3.85. The molecule has 1 heteroatoms. The van der Waals surface area contributed by atoms with E-state index in [4.69, 9.17) is 0 Å². The molecule has 0 bridgehead atoms. The van der Waals surface area contributed by atoms with E-state index in [1.807, 2.05) is 18.2 Å². The van der Waals surface area contributed by atoms with Crippen molar-refractivity contribution in [1.29, 1.82) is 0 Å². The Morgan fingerprint density at radius 2 is 1.17 bits per heavy atom. The summed E-state index contributed by atoms with van der Waals surface area (Å²) >= 11 is 0. The van der Waals surface area contributed by atoms with Crippen molar-refractivity contribution in [2.45, 2.75) is 35.1 Å². The molecule has 0 spiro atoms. The average molecular weight is 167 g/mol. The molecule has 1 aromatic heterocycles. The highest BCUT2D eigenvalue weighted by Crippen LogP contribution is 2.07. The number of pyridine rings is 1. The van der Waals surface area contributed by atoms with Crippen molar-refractivity contribution in [1.82, 2.24) is 4.98 Å². The molecule has 0 saturated carbocycles. The Bertz CT molecular complexity index is 129. The van der Waals surface area contributed by atoms with Crippen LogP contribution < -0.4 is 0 Å². The van der Waals surface area contributed by atoms with E-state index in [9.17, 15) is 0 Å². The van der Waals surface area contributed by atoms with E-state index < -0.39 is 0 Å². The van der Waals surface area contributed by atoms with Crippen LogP contribution in [0.25, 0.3) is 0 Å². The lowest BCUT2D eigenvalue weighted by molar-refractivity contribution is 0.469. The van der Waals surface area contributed by atoms with Crippen LogP contribution >= 0.6 is 0 Å². The first-order chi connectivity index (χ1) is 5.00. The maximum absolute atomic E-state index is 3.78. The molecule has 12 heavy (non-hydrogen) atoms. The second kappa shape index (κ2) is 6.84. The summed E-state index contributed by atoms with van der Waals surface area (Å²) in [4.78, 5) is 3.78. The zero-order valence-electron chi connectivity index (χ0n) is 7.83. The Morgan fingerprint density at radius 1 is 0.833 bits per heavy atom. The molecule has 0 aliphatic rings. The average Bonchev–Trinajstić information content (AvgIpc) is 1.88. The molecule has 70 valence electrons. The molecule has 1 heterocycles. The summed E-state index contributed by atoms with van der Waals surface area (Å²) in [6.07, 6.45) is 3.50. The molecule has 0 fully saturated rings. The number of hydrogen-bond donors (Lipinski definition) is 0. The van der Waals surface area contributed by atoms with Crippen LogP contribution in [0.2, 0.25) is 0 Å². The molecule has 0 unspecified atom stereocenters. The van der Waals surface area contributed by atoms with Crippen molar-refractivity contribution < 1.29 is 0 Å². The third-order valence-corrected chi connectivity index (χ3v) is 0.566. The van der Waals surface area contributed by atoms with E-state index in [0.29, 0.717) is 5.41 Å². The predicted octanol–water partition coefficient (Wildman–Crippen LogP) is 3.77. The molecule has 0 radical (unpaired) electrons. The third kappa shape index (κ3) is 22.9. The molecule has 0 aliphatic carbocycles. The van der Waals surface area contributed by atoms with E-state index in [-0.39, 0.29) is 7.43 Å². The van der Waals surface area contributed by atoms with Crippen LogP contribution in [0, 0.1) is 5.41 Å². The molecule has 0 N–H and O–H groups in total. The van der Waals surface area contributed by atoms with E-state index >= 15 is 0 Å². The van der Waals surface area contributed by atoms with Gasteiger partial charge in [-0.1, -0.05) is 41.2 Å². The molecule has 1 nitrogen and oxygen atoms in total. The van der Waals surface area contributed by atoms with Gasteiger partial charge in [0.05, 0.1) is 0 Å². The van der Waals surface area contributed by atoms with Crippen molar-refractivity contribution in [2.75, 3.05) is 0 Å². The smallest absolute Gasteiger partial charge is 0.0267 e. The van der Waals surface area contributed by atoms with Gasteiger partial charge in [-0.2, -0.15) is 0 Å². The summed E-state index contributed by atoms with van der Waals surface area (Å²) in [6, 6.07) is 5.72. The summed E-state index contributed by atoms with van der Waals surface area (Å²) in [5.41, 5.74) is 0.500. The van der Waals surface area contributed by atoms with Crippen LogP contribution in [-0.2, 0) is 0 Å². The molecule has 0 atom stereocenters. The van der Waals surface area contributed by atoms with Crippen LogP contribution in [0.1, 0.15) is 35.1 Å². The van der Waals surface area contributed by atoms with E-state index in [1.54, 1.807) is 12.4 Å². The van der Waals surface area contributed by atoms with E-state index in [0.717, 1.165) is 0 Å². The Labute approximate surface area is 76.9 Å². The third-order valence-electron chi connectivity index (χ3n) is 0.566. The first-order valence-corrected chi connectivity index (χ1v) is 3.85. The van der Waals surface area contributed by atoms with Crippen molar-refractivity contribution in [2.24, 2.45) is 5.41 Å². The lowest BCUT2D eigenvalue weighted by atomic mass is 10.0. The topological polar surface area (TPSA) is 12.9 Å². The van der Waals surface area contributed by atoms with Gasteiger partial charge in [0.1, 0.15) is 0 Å². The van der Waals surface area contributed by atoms with Crippen LogP contribution in [0.3, 0.4) is 0 Å². The van der Waals surface area contributed by atoms with Crippen molar-refractivity contribution in [3.05, 3.63) is 30.6 Å². The van der Waals surface area contributed by atoms with Crippen molar-refractivity contribution in [3.8, 4) is 0 Å². The molecule has 0 aliphatic heterocycles. The molecule has 1 rings (SSSR count). The fourth-order valence-corrected chi connectivity index (χ4v) is 0.313. The van der Waals surface area contributed by atoms with Gasteiger partial charge < -0.3 is 0 Å². The lowest BCUT2D eigenvalue weighted by Crippen LogP contribution is -1.93. The molecule has 0 amide bonds. The summed E-state index contributed by atoms with van der Waals surface area (Å²) in [5, 5.41) is 0. The maximum atomic E-state index is 3.78. The van der Waals surface area contributed by atoms with Gasteiger partial charge >= 0.3 is 0 Å². The van der Waals surface area contributed by atoms with Crippen molar-refractivity contribution >= 4 is 0 Å². The molecule has 1 aromatic rings. The van der Waals surface area contributed by atoms with Crippen LogP contribution in [-0.4, -0.2) is 4.98 Å². The fraction of sp³-hybridized carbons (Fsp3) is 0.545. The molecule has 0 saturated heterocycles. The Hall–Kier alpha value is -0.850. The number of rotatable bonds is 0. The summed E-state index contributed by atoms with van der Waals surface area (Å²) in [5.74, 6) is 0. The van der Waals surface area contributed by atoms with Gasteiger partial charge in [0.25, 0.3) is 0 Å². The maximum Gasteiger partial charge on any atom is 0.0267 e. The van der Waals surface area contributed by atoms with Crippen LogP contribution in [0.5, 0.6) is 0 Å². The minimum Gasteiger partial charge on any atom is -0.265 e. The normalized spacial score (nSPS) is 9.00. The quantitative estimate of drug-likeness (QED) is 0.573. The Balaban J connectivity index is 0. The summed E-state index contributed by atoms with van der Waals surface area (Å²) in [7, 11) is 0. The molecular weight excluding hydrogens is 146 g/mol. The van der Waals surface area contributed by atoms with E-state index in [2.05, 4.69) is 32.7 Å². The van der Waals surface area contributed by atoms with Gasteiger partial charge in [-0.3, -0.25) is 4.98 Å². The van der Waals surface area contributed by atoms with Gasteiger partial charge in [0.2, 0.25) is 0 Å². The second-order valence-electron chi connectivity index (χ2n) is 4.02. The first kappa shape index (κ1) is 13.7. The van der Waals surface area contributed by atoms with Crippen LogP contribution in [0.15, 0.2) is 30.6 Å². The highest BCUT2D eigenvalue weighted by molar-refractivity contribution is 4.88. The minimum atomic E-state index is 0. The minimum absolute atomic E-state index is 0. The fourth-order valence-electron chi connectivity index (χ4n) is 0.313. The highest BCUT2D eigenvalue weighted by atomic mass is 14.6. The van der Waals surface area contributed by atoms with Gasteiger partial charge in [0.15, 0.2) is 0 Å². The van der Waals surface area contributed by atoms with Gasteiger partial charge in [-0.05, 0) is 17.5 Å². The predicted molar refractivity (Wildman–Crippen MR) is 56.1 cm³/mol. The highest BCUT2D eigenvalue weighted by Gasteiger charge is 1.95. The SMILES string of the molecule is C.CC(C)(C)C.c1ccncc1. The van der Waals surface area contributed by atoms with Crippen molar-refractivity contribution in [3.63, 3.8) is 0 Å². The summed E-state index contributed by atoms with van der Waals surface area (Å²) < 4.78 is 0. The largest absolute Gasteiger partial charge is 0.265 e. The standard InChI is InChI=1S/C5H5N.C5H12.CH4/c1-2-4-6-5-3-1;1-5(2,3)4;/h1-5H;1-4H3;1H4. The monoisotopic (exact) mass is 167 g/mol.